The molecule has 1 heterocycles. The number of benzene rings is 1. The van der Waals surface area contributed by atoms with Crippen molar-refractivity contribution >= 4 is 12.0 Å². The van der Waals surface area contributed by atoms with Gasteiger partial charge in [0, 0.05) is 5.56 Å². The molecular weight excluding hydrogens is 216 g/mol. The van der Waals surface area contributed by atoms with Crippen molar-refractivity contribution in [1.29, 1.82) is 0 Å². The average Bonchev–Trinajstić information content (AvgIpc) is 2.35. The molecule has 3 heteroatoms. The van der Waals surface area contributed by atoms with Crippen LogP contribution in [0.4, 0.5) is 0 Å². The molecular formula is C14H16O3. The molecule has 0 unspecified atom stereocenters. The van der Waals surface area contributed by atoms with Gasteiger partial charge in [0.25, 0.3) is 0 Å². The molecule has 3 nitrogen and oxygen atoms in total. The topological polar surface area (TPSA) is 35.5 Å². The maximum Gasteiger partial charge on any atom is 0.337 e. The van der Waals surface area contributed by atoms with Crippen molar-refractivity contribution in [2.75, 3.05) is 13.2 Å². The molecule has 1 aromatic rings. The van der Waals surface area contributed by atoms with Crippen LogP contribution in [0.5, 0.6) is 5.75 Å². The molecule has 0 saturated carbocycles. The Morgan fingerprint density at radius 3 is 2.94 bits per heavy atom. The van der Waals surface area contributed by atoms with E-state index in [0.717, 1.165) is 11.3 Å². The zero-order valence-electron chi connectivity index (χ0n) is 10.1. The van der Waals surface area contributed by atoms with E-state index >= 15 is 0 Å². The molecule has 17 heavy (non-hydrogen) atoms. The summed E-state index contributed by atoms with van der Waals surface area (Å²) in [5, 5.41) is 0. The van der Waals surface area contributed by atoms with Gasteiger partial charge in [-0.25, -0.2) is 4.79 Å². The van der Waals surface area contributed by atoms with Crippen LogP contribution in [0.2, 0.25) is 0 Å². The van der Waals surface area contributed by atoms with Gasteiger partial charge in [-0.1, -0.05) is 32.0 Å². The first-order chi connectivity index (χ1) is 8.16. The molecule has 2 rings (SSSR count). The molecule has 0 atom stereocenters. The van der Waals surface area contributed by atoms with Gasteiger partial charge in [-0.05, 0) is 18.1 Å². The fourth-order valence-corrected chi connectivity index (χ4v) is 1.57. The quantitative estimate of drug-likeness (QED) is 0.751. The Morgan fingerprint density at radius 1 is 1.41 bits per heavy atom. The van der Waals surface area contributed by atoms with Crippen LogP contribution in [-0.2, 0) is 9.53 Å². The summed E-state index contributed by atoms with van der Waals surface area (Å²) in [5.41, 5.74) is 1.50. The number of rotatable bonds is 3. The van der Waals surface area contributed by atoms with Crippen molar-refractivity contribution in [3.8, 4) is 5.75 Å². The third-order valence-electron chi connectivity index (χ3n) is 2.44. The molecule has 0 bridgehead atoms. The molecule has 0 spiro atoms. The Labute approximate surface area is 101 Å². The summed E-state index contributed by atoms with van der Waals surface area (Å²) in [6.07, 6.45) is 1.83. The molecule has 0 N–H and O–H groups in total. The van der Waals surface area contributed by atoms with Gasteiger partial charge in [-0.15, -0.1) is 0 Å². The average molecular weight is 232 g/mol. The molecule has 0 aromatic heterocycles. The van der Waals surface area contributed by atoms with Gasteiger partial charge < -0.3 is 9.47 Å². The minimum atomic E-state index is -0.284. The van der Waals surface area contributed by atoms with E-state index in [2.05, 4.69) is 0 Å². The van der Waals surface area contributed by atoms with Gasteiger partial charge in [-0.3, -0.25) is 0 Å². The largest absolute Gasteiger partial charge is 0.488 e. The fraction of sp³-hybridized carbons (Fsp3) is 0.357. The van der Waals surface area contributed by atoms with Crippen LogP contribution in [0.25, 0.3) is 6.08 Å². The van der Waals surface area contributed by atoms with Crippen molar-refractivity contribution in [2.24, 2.45) is 5.92 Å². The van der Waals surface area contributed by atoms with Crippen LogP contribution in [0, 0.1) is 5.92 Å². The molecule has 1 aromatic carbocycles. The highest BCUT2D eigenvalue weighted by atomic mass is 16.5. The lowest BCUT2D eigenvalue weighted by molar-refractivity contribution is -0.140. The number of hydrogen-bond acceptors (Lipinski definition) is 3. The fourth-order valence-electron chi connectivity index (χ4n) is 1.57. The molecule has 1 aliphatic heterocycles. The maximum atomic E-state index is 11.7. The lowest BCUT2D eigenvalue weighted by atomic mass is 10.1. The first kappa shape index (κ1) is 11.7. The summed E-state index contributed by atoms with van der Waals surface area (Å²) < 4.78 is 10.7. The second kappa shape index (κ2) is 5.04. The smallest absolute Gasteiger partial charge is 0.337 e. The SMILES string of the molecule is CC(C)COC(=O)C1=Cc2ccccc2OC1. The number of carbonyl (C=O) groups is 1. The van der Waals surface area contributed by atoms with Gasteiger partial charge in [0.15, 0.2) is 0 Å². The molecule has 0 aliphatic carbocycles. The van der Waals surface area contributed by atoms with Crippen molar-refractivity contribution in [2.45, 2.75) is 13.8 Å². The molecule has 90 valence electrons. The first-order valence-corrected chi connectivity index (χ1v) is 5.76. The minimum absolute atomic E-state index is 0.284. The highest BCUT2D eigenvalue weighted by molar-refractivity contribution is 5.95. The normalized spacial score (nSPS) is 13.7. The van der Waals surface area contributed by atoms with Crippen LogP contribution >= 0.6 is 0 Å². The number of carbonyl (C=O) groups excluding carboxylic acids is 1. The number of fused-ring (bicyclic) bond motifs is 1. The van der Waals surface area contributed by atoms with E-state index in [9.17, 15) is 4.79 Å². The molecule has 0 radical (unpaired) electrons. The van der Waals surface area contributed by atoms with E-state index in [-0.39, 0.29) is 12.6 Å². The predicted octanol–water partition coefficient (Wildman–Crippen LogP) is 2.66. The van der Waals surface area contributed by atoms with E-state index < -0.39 is 0 Å². The Bertz CT molecular complexity index is 447. The van der Waals surface area contributed by atoms with Crippen LogP contribution < -0.4 is 4.74 Å². The summed E-state index contributed by atoms with van der Waals surface area (Å²) in [7, 11) is 0. The first-order valence-electron chi connectivity index (χ1n) is 5.76. The van der Waals surface area contributed by atoms with E-state index in [1.807, 2.05) is 44.2 Å². The maximum absolute atomic E-state index is 11.7. The third-order valence-corrected chi connectivity index (χ3v) is 2.44. The molecule has 0 amide bonds. The lowest BCUT2D eigenvalue weighted by Gasteiger charge is -2.17. The Kier molecular flexibility index (Phi) is 3.47. The summed E-state index contributed by atoms with van der Waals surface area (Å²) in [6, 6.07) is 7.64. The minimum Gasteiger partial charge on any atom is -0.488 e. The van der Waals surface area contributed by atoms with Crippen molar-refractivity contribution < 1.29 is 14.3 Å². The summed E-state index contributed by atoms with van der Waals surface area (Å²) in [6.45, 7) is 4.74. The van der Waals surface area contributed by atoms with Crippen LogP contribution in [0.1, 0.15) is 19.4 Å². The number of hydrogen-bond donors (Lipinski definition) is 0. The zero-order valence-corrected chi connectivity index (χ0v) is 10.1. The standard InChI is InChI=1S/C14H16O3/c1-10(2)8-17-14(15)12-7-11-5-3-4-6-13(11)16-9-12/h3-7,10H,8-9H2,1-2H3. The highest BCUT2D eigenvalue weighted by Crippen LogP contribution is 2.26. The van der Waals surface area contributed by atoms with Gasteiger partial charge in [0.05, 0.1) is 12.2 Å². The van der Waals surface area contributed by atoms with E-state index in [1.165, 1.54) is 0 Å². The van der Waals surface area contributed by atoms with E-state index in [1.54, 1.807) is 0 Å². The number of esters is 1. The lowest BCUT2D eigenvalue weighted by Crippen LogP contribution is -2.18. The van der Waals surface area contributed by atoms with Crippen molar-refractivity contribution in [3.63, 3.8) is 0 Å². The summed E-state index contributed by atoms with van der Waals surface area (Å²) in [4.78, 5) is 11.7. The number of ether oxygens (including phenoxy) is 2. The molecule has 1 aliphatic rings. The molecule has 0 saturated heterocycles. The Balaban J connectivity index is 2.09. The molecule has 0 fully saturated rings. The zero-order chi connectivity index (χ0) is 12.3. The van der Waals surface area contributed by atoms with Crippen LogP contribution in [0.3, 0.4) is 0 Å². The van der Waals surface area contributed by atoms with Crippen molar-refractivity contribution in [1.82, 2.24) is 0 Å². The predicted molar refractivity (Wildman–Crippen MR) is 65.7 cm³/mol. The summed E-state index contributed by atoms with van der Waals surface area (Å²) in [5.74, 6) is 0.873. The van der Waals surface area contributed by atoms with Gasteiger partial charge >= 0.3 is 5.97 Å². The second-order valence-corrected chi connectivity index (χ2v) is 4.49. The van der Waals surface area contributed by atoms with Crippen LogP contribution in [0.15, 0.2) is 29.8 Å². The van der Waals surface area contributed by atoms with E-state index in [4.69, 9.17) is 9.47 Å². The highest BCUT2D eigenvalue weighted by Gasteiger charge is 2.18. The van der Waals surface area contributed by atoms with Gasteiger partial charge in [0.1, 0.15) is 12.4 Å². The number of para-hydroxylation sites is 1. The Morgan fingerprint density at radius 2 is 2.18 bits per heavy atom. The van der Waals surface area contributed by atoms with E-state index in [0.29, 0.717) is 18.1 Å². The van der Waals surface area contributed by atoms with Gasteiger partial charge in [-0.2, -0.15) is 0 Å². The van der Waals surface area contributed by atoms with Crippen molar-refractivity contribution in [3.05, 3.63) is 35.4 Å². The van der Waals surface area contributed by atoms with Gasteiger partial charge in [0.2, 0.25) is 0 Å². The third kappa shape index (κ3) is 2.87. The monoisotopic (exact) mass is 232 g/mol. The van der Waals surface area contributed by atoms with Crippen LogP contribution in [-0.4, -0.2) is 19.2 Å². The second-order valence-electron chi connectivity index (χ2n) is 4.49. The summed E-state index contributed by atoms with van der Waals surface area (Å²) >= 11 is 0. The Hall–Kier alpha value is -1.77.